The molecule has 0 fully saturated rings. The number of hydrogen-bond acceptors (Lipinski definition) is 4. The Morgan fingerprint density at radius 2 is 1.96 bits per heavy atom. The Morgan fingerprint density at radius 1 is 1.12 bits per heavy atom. The maximum absolute atomic E-state index is 12.3. The van der Waals surface area contributed by atoms with Crippen LogP contribution in [0.15, 0.2) is 59.3 Å². The van der Waals surface area contributed by atoms with Crippen LogP contribution in [0.4, 0.5) is 5.69 Å². The van der Waals surface area contributed by atoms with E-state index in [0.717, 1.165) is 5.69 Å². The highest BCUT2D eigenvalue weighted by Crippen LogP contribution is 2.22. The summed E-state index contributed by atoms with van der Waals surface area (Å²) in [6, 6.07) is 11.8. The summed E-state index contributed by atoms with van der Waals surface area (Å²) in [5, 5.41) is 5.73. The number of hydrogen-bond donors (Lipinski definition) is 2. The van der Waals surface area contributed by atoms with Gasteiger partial charge in [0.05, 0.1) is 34.7 Å². The molecule has 0 aliphatic heterocycles. The van der Waals surface area contributed by atoms with Gasteiger partial charge >= 0.3 is 0 Å². The Balaban J connectivity index is 1.66. The molecule has 0 atom stereocenters. The van der Waals surface area contributed by atoms with Crippen LogP contribution < -0.4 is 10.6 Å². The van der Waals surface area contributed by atoms with Gasteiger partial charge in [0.15, 0.2) is 0 Å². The van der Waals surface area contributed by atoms with E-state index >= 15 is 0 Å². The van der Waals surface area contributed by atoms with E-state index in [1.165, 1.54) is 12.3 Å². The van der Waals surface area contributed by atoms with Crippen LogP contribution in [0.25, 0.3) is 0 Å². The number of halogens is 1. The average molecular weight is 370 g/mol. The third-order valence-corrected chi connectivity index (χ3v) is 4.04. The van der Waals surface area contributed by atoms with Crippen molar-refractivity contribution in [3.63, 3.8) is 0 Å². The second kappa shape index (κ2) is 7.84. The summed E-state index contributed by atoms with van der Waals surface area (Å²) < 4.78 is 5.12. The molecule has 2 N–H and O–H groups in total. The number of furan rings is 1. The van der Waals surface area contributed by atoms with Crippen molar-refractivity contribution in [3.05, 3.63) is 82.5 Å². The van der Waals surface area contributed by atoms with Crippen LogP contribution in [0, 0.1) is 6.92 Å². The lowest BCUT2D eigenvalue weighted by molar-refractivity contribution is 0.0950. The summed E-state index contributed by atoms with van der Waals surface area (Å²) in [4.78, 5) is 28.6. The lowest BCUT2D eigenvalue weighted by atomic mass is 10.1. The summed E-state index contributed by atoms with van der Waals surface area (Å²) in [6.45, 7) is 2.01. The number of pyridine rings is 1. The first-order valence-corrected chi connectivity index (χ1v) is 8.25. The Labute approximate surface area is 155 Å². The average Bonchev–Trinajstić information content (AvgIpc) is 3.07. The summed E-state index contributed by atoms with van der Waals surface area (Å²) in [5.74, 6) is -0.0944. The maximum Gasteiger partial charge on any atom is 0.259 e. The minimum Gasteiger partial charge on any atom is -0.469 e. The molecule has 3 rings (SSSR count). The van der Waals surface area contributed by atoms with Gasteiger partial charge in [-0.15, -0.1) is 0 Å². The molecule has 3 aromatic rings. The second-order valence-electron chi connectivity index (χ2n) is 5.54. The van der Waals surface area contributed by atoms with Crippen molar-refractivity contribution in [2.24, 2.45) is 0 Å². The van der Waals surface area contributed by atoms with Gasteiger partial charge < -0.3 is 15.1 Å². The van der Waals surface area contributed by atoms with E-state index in [1.54, 1.807) is 37.4 Å². The molecule has 26 heavy (non-hydrogen) atoms. The third-order valence-electron chi connectivity index (χ3n) is 3.73. The molecular formula is C19H16ClN3O3. The third kappa shape index (κ3) is 4.10. The van der Waals surface area contributed by atoms with Gasteiger partial charge in [-0.2, -0.15) is 0 Å². The minimum atomic E-state index is -0.316. The zero-order valence-corrected chi connectivity index (χ0v) is 14.7. The number of aryl methyl sites for hydroxylation is 1. The molecular weight excluding hydrogens is 354 g/mol. The van der Waals surface area contributed by atoms with Crippen LogP contribution in [0.1, 0.15) is 32.2 Å². The normalized spacial score (nSPS) is 10.4. The smallest absolute Gasteiger partial charge is 0.259 e. The summed E-state index contributed by atoms with van der Waals surface area (Å²) in [5.41, 5.74) is 2.00. The number of nitrogens with one attached hydrogen (secondary N) is 2. The van der Waals surface area contributed by atoms with E-state index in [0.29, 0.717) is 29.1 Å². The molecule has 2 aromatic heterocycles. The molecule has 0 saturated carbocycles. The Kier molecular flexibility index (Phi) is 5.34. The number of anilines is 1. The lowest BCUT2D eigenvalue weighted by Crippen LogP contribution is -2.23. The van der Waals surface area contributed by atoms with Gasteiger partial charge in [-0.25, -0.2) is 0 Å². The molecule has 2 heterocycles. The first-order valence-electron chi connectivity index (χ1n) is 7.87. The quantitative estimate of drug-likeness (QED) is 0.716. The number of nitrogens with zero attached hydrogens (tertiary/aromatic N) is 1. The van der Waals surface area contributed by atoms with Crippen molar-refractivity contribution < 1.29 is 14.0 Å². The van der Waals surface area contributed by atoms with Crippen molar-refractivity contribution in [3.8, 4) is 0 Å². The van der Waals surface area contributed by atoms with Crippen LogP contribution in [0.3, 0.4) is 0 Å². The van der Waals surface area contributed by atoms with Gasteiger partial charge in [0.25, 0.3) is 11.8 Å². The van der Waals surface area contributed by atoms with Crippen LogP contribution in [-0.4, -0.2) is 16.8 Å². The second-order valence-corrected chi connectivity index (χ2v) is 5.95. The number of benzene rings is 1. The van der Waals surface area contributed by atoms with Crippen molar-refractivity contribution in [1.82, 2.24) is 10.3 Å². The summed E-state index contributed by atoms with van der Waals surface area (Å²) >= 11 is 6.20. The molecule has 0 radical (unpaired) electrons. The molecule has 132 valence electrons. The molecule has 6 nitrogen and oxygen atoms in total. The van der Waals surface area contributed by atoms with Gasteiger partial charge in [0.1, 0.15) is 5.76 Å². The largest absolute Gasteiger partial charge is 0.469 e. The van der Waals surface area contributed by atoms with Crippen LogP contribution in [0.2, 0.25) is 5.02 Å². The molecule has 0 unspecified atom stereocenters. The first-order chi connectivity index (χ1) is 12.5. The fourth-order valence-electron chi connectivity index (χ4n) is 2.36. The maximum atomic E-state index is 12.3. The predicted molar refractivity (Wildman–Crippen MR) is 98.3 cm³/mol. The van der Waals surface area contributed by atoms with Crippen molar-refractivity contribution in [2.75, 3.05) is 5.32 Å². The molecule has 0 aliphatic rings. The minimum absolute atomic E-state index is 0.241. The Morgan fingerprint density at radius 3 is 2.62 bits per heavy atom. The highest BCUT2D eigenvalue weighted by atomic mass is 35.5. The van der Waals surface area contributed by atoms with E-state index in [1.807, 2.05) is 12.1 Å². The number of aromatic nitrogens is 1. The van der Waals surface area contributed by atoms with E-state index < -0.39 is 0 Å². The van der Waals surface area contributed by atoms with Gasteiger partial charge in [0, 0.05) is 11.9 Å². The number of carbonyl (C=O) groups excluding carboxylic acids is 2. The zero-order chi connectivity index (χ0) is 18.5. The molecule has 1 aromatic carbocycles. The SMILES string of the molecule is Cc1occc1C(=O)Nc1ccc(C(=O)NCc2ccccn2)c(Cl)c1. The molecule has 0 aliphatic carbocycles. The van der Waals surface area contributed by atoms with E-state index in [-0.39, 0.29) is 16.8 Å². The van der Waals surface area contributed by atoms with Gasteiger partial charge in [-0.3, -0.25) is 14.6 Å². The van der Waals surface area contributed by atoms with Crippen molar-refractivity contribution in [1.29, 1.82) is 0 Å². The van der Waals surface area contributed by atoms with Gasteiger partial charge in [-0.1, -0.05) is 17.7 Å². The topological polar surface area (TPSA) is 84.2 Å². The Bertz CT molecular complexity index is 938. The number of carbonyl (C=O) groups is 2. The molecule has 2 amide bonds. The number of rotatable bonds is 5. The predicted octanol–water partition coefficient (Wildman–Crippen LogP) is 3.82. The van der Waals surface area contributed by atoms with Crippen LogP contribution in [0.5, 0.6) is 0 Å². The monoisotopic (exact) mass is 369 g/mol. The number of amides is 2. The standard InChI is InChI=1S/C19H16ClN3O3/c1-12-15(7-9-26-12)19(25)23-13-5-6-16(17(20)10-13)18(24)22-11-14-4-2-3-8-21-14/h2-10H,11H2,1H3,(H,22,24)(H,23,25). The zero-order valence-electron chi connectivity index (χ0n) is 14.0. The molecule has 0 saturated heterocycles. The van der Waals surface area contributed by atoms with Crippen LogP contribution >= 0.6 is 11.6 Å². The van der Waals surface area contributed by atoms with Gasteiger partial charge in [-0.05, 0) is 43.3 Å². The van der Waals surface area contributed by atoms with Crippen molar-refractivity contribution in [2.45, 2.75) is 13.5 Å². The highest BCUT2D eigenvalue weighted by molar-refractivity contribution is 6.34. The first kappa shape index (κ1) is 17.7. The van der Waals surface area contributed by atoms with E-state index in [4.69, 9.17) is 16.0 Å². The van der Waals surface area contributed by atoms with E-state index in [2.05, 4.69) is 15.6 Å². The lowest BCUT2D eigenvalue weighted by Gasteiger charge is -2.09. The molecule has 0 bridgehead atoms. The molecule has 0 spiro atoms. The van der Waals surface area contributed by atoms with Crippen LogP contribution in [-0.2, 0) is 6.54 Å². The van der Waals surface area contributed by atoms with Crippen molar-refractivity contribution >= 4 is 29.1 Å². The van der Waals surface area contributed by atoms with Gasteiger partial charge in [0.2, 0.25) is 0 Å². The van der Waals surface area contributed by atoms with E-state index in [9.17, 15) is 9.59 Å². The fourth-order valence-corrected chi connectivity index (χ4v) is 2.63. The fraction of sp³-hybridized carbons (Fsp3) is 0.105. The summed E-state index contributed by atoms with van der Waals surface area (Å²) in [6.07, 6.45) is 3.11. The molecule has 7 heteroatoms. The summed E-state index contributed by atoms with van der Waals surface area (Å²) in [7, 11) is 0. The highest BCUT2D eigenvalue weighted by Gasteiger charge is 2.14. The Hall–Kier alpha value is -3.12.